The lowest BCUT2D eigenvalue weighted by atomic mass is 10.0. The lowest BCUT2D eigenvalue weighted by Crippen LogP contribution is -2.23. The fourth-order valence-corrected chi connectivity index (χ4v) is 1.32. The number of allylic oxidation sites excluding steroid dienone is 2. The van der Waals surface area contributed by atoms with Crippen LogP contribution in [0.1, 0.15) is 6.92 Å². The van der Waals surface area contributed by atoms with Crippen LogP contribution < -0.4 is 5.73 Å². The fraction of sp³-hybridized carbons (Fsp3) is 0.300. The number of hydrogen-bond donors (Lipinski definition) is 1. The number of nitrogens with two attached hydrogens (primary N) is 1. The molecule has 2 N–H and O–H groups in total. The summed E-state index contributed by atoms with van der Waals surface area (Å²) in [5.41, 5.74) is 8.35. The van der Waals surface area contributed by atoms with Crippen LogP contribution in [0, 0.1) is 0 Å². The average Bonchev–Trinajstić information content (AvgIpc) is 2.04. The SMILES string of the molecule is C=C(N)/C(=C/C)C1=CN=CN(C)C1. The first-order valence-corrected chi connectivity index (χ1v) is 4.19. The van der Waals surface area contributed by atoms with Gasteiger partial charge in [-0.2, -0.15) is 0 Å². The van der Waals surface area contributed by atoms with Crippen molar-refractivity contribution in [1.29, 1.82) is 0 Å². The van der Waals surface area contributed by atoms with Gasteiger partial charge in [0.15, 0.2) is 0 Å². The van der Waals surface area contributed by atoms with E-state index in [0.29, 0.717) is 5.70 Å². The zero-order chi connectivity index (χ0) is 9.84. The van der Waals surface area contributed by atoms with Crippen LogP contribution in [0.4, 0.5) is 0 Å². The molecule has 0 bridgehead atoms. The summed E-state index contributed by atoms with van der Waals surface area (Å²) in [6.45, 7) is 6.51. The van der Waals surface area contributed by atoms with E-state index in [4.69, 9.17) is 5.73 Å². The Labute approximate surface area is 78.9 Å². The third-order valence-electron chi connectivity index (χ3n) is 1.89. The summed E-state index contributed by atoms with van der Waals surface area (Å²) in [5.74, 6) is 0. The molecule has 0 amide bonds. The zero-order valence-corrected chi connectivity index (χ0v) is 8.12. The minimum Gasteiger partial charge on any atom is -0.399 e. The molecule has 1 heterocycles. The Bertz CT molecular complexity index is 297. The van der Waals surface area contributed by atoms with E-state index >= 15 is 0 Å². The van der Waals surface area contributed by atoms with Gasteiger partial charge < -0.3 is 10.6 Å². The predicted molar refractivity (Wildman–Crippen MR) is 56.3 cm³/mol. The van der Waals surface area contributed by atoms with Crippen molar-refractivity contribution in [3.05, 3.63) is 35.7 Å². The summed E-state index contributed by atoms with van der Waals surface area (Å²) in [6, 6.07) is 0. The highest BCUT2D eigenvalue weighted by molar-refractivity contribution is 5.60. The lowest BCUT2D eigenvalue weighted by Gasteiger charge is -2.20. The first-order valence-electron chi connectivity index (χ1n) is 4.19. The molecule has 0 aromatic carbocycles. The van der Waals surface area contributed by atoms with E-state index in [9.17, 15) is 0 Å². The smallest absolute Gasteiger partial charge is 0.0905 e. The van der Waals surface area contributed by atoms with E-state index in [1.54, 1.807) is 6.34 Å². The molecule has 0 atom stereocenters. The number of aliphatic imine (C=N–C) groups is 1. The largest absolute Gasteiger partial charge is 0.399 e. The Hall–Kier alpha value is -1.51. The molecule has 0 aliphatic carbocycles. The van der Waals surface area contributed by atoms with Gasteiger partial charge >= 0.3 is 0 Å². The Kier molecular flexibility index (Phi) is 2.90. The maximum Gasteiger partial charge on any atom is 0.0905 e. The molecule has 0 saturated carbocycles. The van der Waals surface area contributed by atoms with Crippen molar-refractivity contribution in [3.8, 4) is 0 Å². The molecule has 0 spiro atoms. The molecule has 1 aliphatic rings. The summed E-state index contributed by atoms with van der Waals surface area (Å²) < 4.78 is 0. The normalized spacial score (nSPS) is 17.2. The van der Waals surface area contributed by atoms with Crippen molar-refractivity contribution >= 4 is 6.34 Å². The molecule has 13 heavy (non-hydrogen) atoms. The number of hydrogen-bond acceptors (Lipinski definition) is 3. The number of nitrogens with zero attached hydrogens (tertiary/aromatic N) is 2. The van der Waals surface area contributed by atoms with Crippen LogP contribution in [0.3, 0.4) is 0 Å². The van der Waals surface area contributed by atoms with Crippen molar-refractivity contribution in [1.82, 2.24) is 4.90 Å². The van der Waals surface area contributed by atoms with Crippen molar-refractivity contribution < 1.29 is 0 Å². The summed E-state index contributed by atoms with van der Waals surface area (Å²) in [6.07, 6.45) is 5.58. The average molecular weight is 177 g/mol. The second-order valence-corrected chi connectivity index (χ2v) is 3.06. The number of rotatable bonds is 2. The lowest BCUT2D eigenvalue weighted by molar-refractivity contribution is 0.560. The molecule has 0 aromatic heterocycles. The van der Waals surface area contributed by atoms with E-state index in [1.165, 1.54) is 0 Å². The number of likely N-dealkylation sites (N-methyl/N-ethyl adjacent to an activating group) is 1. The topological polar surface area (TPSA) is 41.6 Å². The van der Waals surface area contributed by atoms with Gasteiger partial charge in [0.2, 0.25) is 0 Å². The first-order chi connectivity index (χ1) is 6.15. The third-order valence-corrected chi connectivity index (χ3v) is 1.89. The Morgan fingerprint density at radius 3 is 2.92 bits per heavy atom. The van der Waals surface area contributed by atoms with Crippen LogP contribution in [0.15, 0.2) is 40.7 Å². The van der Waals surface area contributed by atoms with Crippen molar-refractivity contribution in [2.24, 2.45) is 10.7 Å². The highest BCUT2D eigenvalue weighted by atomic mass is 15.1. The van der Waals surface area contributed by atoms with Gasteiger partial charge in [-0.25, -0.2) is 4.99 Å². The van der Waals surface area contributed by atoms with Gasteiger partial charge in [-0.15, -0.1) is 0 Å². The van der Waals surface area contributed by atoms with E-state index in [-0.39, 0.29) is 0 Å². The molecule has 0 fully saturated rings. The van der Waals surface area contributed by atoms with Crippen LogP contribution in [-0.2, 0) is 0 Å². The van der Waals surface area contributed by atoms with E-state index in [0.717, 1.165) is 17.7 Å². The van der Waals surface area contributed by atoms with E-state index in [2.05, 4.69) is 11.6 Å². The summed E-state index contributed by atoms with van der Waals surface area (Å²) in [4.78, 5) is 6.09. The van der Waals surface area contributed by atoms with Gasteiger partial charge in [0.25, 0.3) is 0 Å². The molecule has 0 aromatic rings. The summed E-state index contributed by atoms with van der Waals surface area (Å²) in [7, 11) is 1.98. The second-order valence-electron chi connectivity index (χ2n) is 3.06. The molecule has 0 unspecified atom stereocenters. The molecule has 70 valence electrons. The zero-order valence-electron chi connectivity index (χ0n) is 8.12. The maximum absolute atomic E-state index is 5.65. The molecular formula is C10H15N3. The van der Waals surface area contributed by atoms with Gasteiger partial charge in [0.05, 0.1) is 6.34 Å². The van der Waals surface area contributed by atoms with E-state index in [1.807, 2.05) is 31.1 Å². The maximum atomic E-state index is 5.65. The Balaban J connectivity index is 2.88. The van der Waals surface area contributed by atoms with Crippen LogP contribution in [0.5, 0.6) is 0 Å². The van der Waals surface area contributed by atoms with Crippen molar-refractivity contribution in [2.45, 2.75) is 6.92 Å². The molecule has 3 heteroatoms. The monoisotopic (exact) mass is 177 g/mol. The predicted octanol–water partition coefficient (Wildman–Crippen LogP) is 1.26. The van der Waals surface area contributed by atoms with Crippen LogP contribution in [0.2, 0.25) is 0 Å². The van der Waals surface area contributed by atoms with Gasteiger partial charge in [-0.05, 0) is 18.1 Å². The summed E-state index contributed by atoms with van der Waals surface area (Å²) in [5, 5.41) is 0. The summed E-state index contributed by atoms with van der Waals surface area (Å²) >= 11 is 0. The standard InChI is InChI=1S/C10H15N3/c1-4-10(8(2)11)9-5-12-7-13(3)6-9/h4-5,7H,2,6,11H2,1,3H3/b10-4-. The van der Waals surface area contributed by atoms with Crippen LogP contribution in [-0.4, -0.2) is 24.8 Å². The van der Waals surface area contributed by atoms with Gasteiger partial charge in [0, 0.05) is 25.5 Å². The highest BCUT2D eigenvalue weighted by Gasteiger charge is 2.09. The van der Waals surface area contributed by atoms with Gasteiger partial charge in [-0.3, -0.25) is 0 Å². The molecular weight excluding hydrogens is 162 g/mol. The van der Waals surface area contributed by atoms with Gasteiger partial charge in [0.1, 0.15) is 0 Å². The molecule has 1 aliphatic heterocycles. The Morgan fingerprint density at radius 1 is 1.77 bits per heavy atom. The molecule has 0 saturated heterocycles. The molecule has 0 radical (unpaired) electrons. The second kappa shape index (κ2) is 3.94. The third kappa shape index (κ3) is 2.21. The fourth-order valence-electron chi connectivity index (χ4n) is 1.32. The molecule has 3 nitrogen and oxygen atoms in total. The van der Waals surface area contributed by atoms with Crippen LogP contribution >= 0.6 is 0 Å². The van der Waals surface area contributed by atoms with Crippen LogP contribution in [0.25, 0.3) is 0 Å². The highest BCUT2D eigenvalue weighted by Crippen LogP contribution is 2.17. The van der Waals surface area contributed by atoms with Crippen molar-refractivity contribution in [3.63, 3.8) is 0 Å². The van der Waals surface area contributed by atoms with Crippen molar-refractivity contribution in [2.75, 3.05) is 13.6 Å². The first kappa shape index (κ1) is 9.58. The van der Waals surface area contributed by atoms with Gasteiger partial charge in [-0.1, -0.05) is 12.7 Å². The Morgan fingerprint density at radius 2 is 2.46 bits per heavy atom. The minimum atomic E-state index is 0.597. The quantitative estimate of drug-likeness (QED) is 0.645. The minimum absolute atomic E-state index is 0.597. The molecule has 1 rings (SSSR count). The van der Waals surface area contributed by atoms with E-state index < -0.39 is 0 Å².